The van der Waals surface area contributed by atoms with Gasteiger partial charge < -0.3 is 10.4 Å². The van der Waals surface area contributed by atoms with Crippen molar-refractivity contribution < 1.29 is 14.7 Å². The van der Waals surface area contributed by atoms with Crippen molar-refractivity contribution in [2.45, 2.75) is 39.2 Å². The van der Waals surface area contributed by atoms with Crippen LogP contribution >= 0.6 is 0 Å². The number of aliphatic carboxylic acids is 1. The maximum absolute atomic E-state index is 12.1. The number of carboxylic acid groups (broad SMARTS) is 1. The lowest BCUT2D eigenvalue weighted by atomic mass is 10.1. The molecule has 0 unspecified atom stereocenters. The third-order valence-electron chi connectivity index (χ3n) is 2.87. The van der Waals surface area contributed by atoms with E-state index in [4.69, 9.17) is 10.4 Å². The Morgan fingerprint density at radius 1 is 1.30 bits per heavy atom. The SMILES string of the molecule is Cc1cc(C)cc(C(=O)N[C@H](CCCC#N)C(=O)O)c1. The number of nitrogens with zero attached hydrogens (tertiary/aromatic N) is 1. The number of hydrogen-bond donors (Lipinski definition) is 2. The third-order valence-corrected chi connectivity index (χ3v) is 2.87. The predicted molar refractivity (Wildman–Crippen MR) is 74.3 cm³/mol. The number of unbranched alkanes of at least 4 members (excludes halogenated alkanes) is 1. The summed E-state index contributed by atoms with van der Waals surface area (Å²) in [5.74, 6) is -1.48. The molecule has 20 heavy (non-hydrogen) atoms. The van der Waals surface area contributed by atoms with Crippen LogP contribution < -0.4 is 5.32 Å². The molecule has 106 valence electrons. The number of hydrogen-bond acceptors (Lipinski definition) is 3. The molecule has 1 amide bonds. The fraction of sp³-hybridized carbons (Fsp3) is 0.400. The van der Waals surface area contributed by atoms with Gasteiger partial charge in [-0.2, -0.15) is 5.26 Å². The lowest BCUT2D eigenvalue weighted by molar-refractivity contribution is -0.139. The first kappa shape index (κ1) is 15.7. The van der Waals surface area contributed by atoms with Crippen LogP contribution in [0.15, 0.2) is 18.2 Å². The van der Waals surface area contributed by atoms with E-state index in [0.717, 1.165) is 11.1 Å². The minimum atomic E-state index is -1.08. The first-order valence-electron chi connectivity index (χ1n) is 6.43. The molecule has 0 spiro atoms. The van der Waals surface area contributed by atoms with E-state index < -0.39 is 17.9 Å². The van der Waals surface area contributed by atoms with Crippen molar-refractivity contribution in [3.63, 3.8) is 0 Å². The fourth-order valence-corrected chi connectivity index (χ4v) is 1.99. The lowest BCUT2D eigenvalue weighted by Crippen LogP contribution is -2.40. The number of nitrogens with one attached hydrogen (secondary N) is 1. The molecule has 0 bridgehead atoms. The zero-order valence-corrected chi connectivity index (χ0v) is 11.6. The van der Waals surface area contributed by atoms with Gasteiger partial charge in [0.1, 0.15) is 6.04 Å². The van der Waals surface area contributed by atoms with Crippen LogP contribution in [0, 0.1) is 25.2 Å². The Kier molecular flexibility index (Phi) is 5.73. The van der Waals surface area contributed by atoms with Crippen molar-refractivity contribution in [1.82, 2.24) is 5.32 Å². The summed E-state index contributed by atoms with van der Waals surface area (Å²) < 4.78 is 0. The third kappa shape index (κ3) is 4.73. The summed E-state index contributed by atoms with van der Waals surface area (Å²) in [6, 6.07) is 6.38. The van der Waals surface area contributed by atoms with Crippen molar-refractivity contribution in [1.29, 1.82) is 5.26 Å². The molecule has 0 fully saturated rings. The number of aryl methyl sites for hydroxylation is 2. The average molecular weight is 274 g/mol. The first-order chi connectivity index (χ1) is 9.43. The first-order valence-corrected chi connectivity index (χ1v) is 6.43. The van der Waals surface area contributed by atoms with Gasteiger partial charge in [0.15, 0.2) is 0 Å². The van der Waals surface area contributed by atoms with Gasteiger partial charge in [-0.1, -0.05) is 17.2 Å². The molecule has 5 heteroatoms. The molecule has 1 aromatic rings. The zero-order valence-electron chi connectivity index (χ0n) is 11.6. The highest BCUT2D eigenvalue weighted by atomic mass is 16.4. The Bertz CT molecular complexity index is 526. The average Bonchev–Trinajstić information content (AvgIpc) is 2.36. The fourth-order valence-electron chi connectivity index (χ4n) is 1.99. The van der Waals surface area contributed by atoms with Gasteiger partial charge in [-0.25, -0.2) is 4.79 Å². The van der Waals surface area contributed by atoms with Gasteiger partial charge in [0.05, 0.1) is 6.07 Å². The van der Waals surface area contributed by atoms with Crippen molar-refractivity contribution in [3.05, 3.63) is 34.9 Å². The molecule has 1 atom stereocenters. The molecular formula is C15H18N2O3. The summed E-state index contributed by atoms with van der Waals surface area (Å²) in [6.45, 7) is 3.76. The maximum atomic E-state index is 12.1. The van der Waals surface area contributed by atoms with E-state index in [1.165, 1.54) is 0 Å². The molecule has 5 nitrogen and oxygen atoms in total. The van der Waals surface area contributed by atoms with Crippen LogP contribution in [-0.2, 0) is 4.79 Å². The Labute approximate surface area is 118 Å². The van der Waals surface area contributed by atoms with Crippen LogP contribution in [0.1, 0.15) is 40.7 Å². The standard InChI is InChI=1S/C15H18N2O3/c1-10-7-11(2)9-12(8-10)14(18)17-13(15(19)20)5-3-4-6-16/h7-9,13H,3-5H2,1-2H3,(H,17,18)(H,19,20)/t13-/m1/s1. The molecule has 0 aliphatic carbocycles. The summed E-state index contributed by atoms with van der Waals surface area (Å²) in [4.78, 5) is 23.2. The molecule has 1 aromatic carbocycles. The van der Waals surface area contributed by atoms with E-state index in [-0.39, 0.29) is 12.8 Å². The summed E-state index contributed by atoms with van der Waals surface area (Å²) in [6.07, 6.45) is 0.975. The number of rotatable bonds is 6. The quantitative estimate of drug-likeness (QED) is 0.778. The van der Waals surface area contributed by atoms with E-state index in [2.05, 4.69) is 5.32 Å². The van der Waals surface area contributed by atoms with Crippen molar-refractivity contribution in [2.24, 2.45) is 0 Å². The minimum absolute atomic E-state index is 0.249. The zero-order chi connectivity index (χ0) is 15.1. The molecule has 0 radical (unpaired) electrons. The van der Waals surface area contributed by atoms with Crippen LogP contribution in [0.2, 0.25) is 0 Å². The molecule has 0 heterocycles. The van der Waals surface area contributed by atoms with Crippen LogP contribution in [0.25, 0.3) is 0 Å². The Morgan fingerprint density at radius 2 is 1.90 bits per heavy atom. The van der Waals surface area contributed by atoms with E-state index in [1.807, 2.05) is 26.0 Å². The highest BCUT2D eigenvalue weighted by Gasteiger charge is 2.20. The van der Waals surface area contributed by atoms with E-state index >= 15 is 0 Å². The number of benzene rings is 1. The van der Waals surface area contributed by atoms with Crippen molar-refractivity contribution in [3.8, 4) is 6.07 Å². The number of nitriles is 1. The van der Waals surface area contributed by atoms with Gasteiger partial charge in [0.25, 0.3) is 5.91 Å². The highest BCUT2D eigenvalue weighted by molar-refractivity contribution is 5.96. The molecule has 1 rings (SSSR count). The van der Waals surface area contributed by atoms with Gasteiger partial charge in [-0.3, -0.25) is 4.79 Å². The molecule has 0 saturated heterocycles. The Balaban J connectivity index is 2.75. The van der Waals surface area contributed by atoms with E-state index in [0.29, 0.717) is 12.0 Å². The smallest absolute Gasteiger partial charge is 0.326 e. The van der Waals surface area contributed by atoms with Crippen molar-refractivity contribution >= 4 is 11.9 Å². The van der Waals surface area contributed by atoms with E-state index in [9.17, 15) is 9.59 Å². The van der Waals surface area contributed by atoms with Gasteiger partial charge in [0, 0.05) is 12.0 Å². The monoisotopic (exact) mass is 274 g/mol. The van der Waals surface area contributed by atoms with Crippen LogP contribution in [0.4, 0.5) is 0 Å². The van der Waals surface area contributed by atoms with Gasteiger partial charge in [0.2, 0.25) is 0 Å². The second-order valence-electron chi connectivity index (χ2n) is 4.79. The topological polar surface area (TPSA) is 90.2 Å². The number of amides is 1. The summed E-state index contributed by atoms with van der Waals surface area (Å²) in [5, 5.41) is 20.0. The van der Waals surface area contributed by atoms with Crippen LogP contribution in [0.5, 0.6) is 0 Å². The van der Waals surface area contributed by atoms with Crippen LogP contribution in [0.3, 0.4) is 0 Å². The van der Waals surface area contributed by atoms with Gasteiger partial charge >= 0.3 is 5.97 Å². The normalized spacial score (nSPS) is 11.4. The van der Waals surface area contributed by atoms with E-state index in [1.54, 1.807) is 12.1 Å². The summed E-state index contributed by atoms with van der Waals surface area (Å²) in [5.41, 5.74) is 2.35. The molecular weight excluding hydrogens is 256 g/mol. The number of carbonyl (C=O) groups is 2. The molecule has 2 N–H and O–H groups in total. The summed E-state index contributed by atoms with van der Waals surface area (Å²) in [7, 11) is 0. The molecule has 0 aliphatic rings. The van der Waals surface area contributed by atoms with Crippen molar-refractivity contribution in [2.75, 3.05) is 0 Å². The van der Waals surface area contributed by atoms with Gasteiger partial charge in [-0.05, 0) is 38.8 Å². The highest BCUT2D eigenvalue weighted by Crippen LogP contribution is 2.10. The minimum Gasteiger partial charge on any atom is -0.480 e. The largest absolute Gasteiger partial charge is 0.480 e. The number of carboxylic acids is 1. The molecule has 0 aliphatic heterocycles. The molecule has 0 aromatic heterocycles. The number of carbonyl (C=O) groups excluding carboxylic acids is 1. The van der Waals surface area contributed by atoms with Gasteiger partial charge in [-0.15, -0.1) is 0 Å². The summed E-state index contributed by atoms with van der Waals surface area (Å²) >= 11 is 0. The Morgan fingerprint density at radius 3 is 2.40 bits per heavy atom. The maximum Gasteiger partial charge on any atom is 0.326 e. The second-order valence-corrected chi connectivity index (χ2v) is 4.79. The predicted octanol–water partition coefficient (Wildman–Crippen LogP) is 2.18. The second kappa shape index (κ2) is 7.29. The lowest BCUT2D eigenvalue weighted by Gasteiger charge is -2.14. The van der Waals surface area contributed by atoms with Crippen LogP contribution in [-0.4, -0.2) is 23.0 Å². The Hall–Kier alpha value is -2.35. The molecule has 0 saturated carbocycles.